The zero-order valence-electron chi connectivity index (χ0n) is 14.1. The second-order valence-electron chi connectivity index (χ2n) is 5.67. The maximum atomic E-state index is 12.4. The van der Waals surface area contributed by atoms with Gasteiger partial charge in [-0.3, -0.25) is 4.79 Å². The number of benzene rings is 2. The summed E-state index contributed by atoms with van der Waals surface area (Å²) in [5.41, 5.74) is 1.02. The normalized spacial score (nSPS) is 11.0. The number of nitrogens with one attached hydrogen (secondary N) is 1. The van der Waals surface area contributed by atoms with Gasteiger partial charge in [-0.2, -0.15) is 0 Å². The summed E-state index contributed by atoms with van der Waals surface area (Å²) in [4.78, 5) is 22.9. The van der Waals surface area contributed by atoms with Crippen LogP contribution in [0.4, 0.5) is 0 Å². The van der Waals surface area contributed by atoms with Crippen molar-refractivity contribution in [3.05, 3.63) is 76.8 Å². The Morgan fingerprint density at radius 3 is 2.62 bits per heavy atom. The lowest BCUT2D eigenvalue weighted by Gasteiger charge is -2.03. The monoisotopic (exact) mass is 380 g/mol. The number of nitrogens with zero attached hydrogens (tertiary/aromatic N) is 1. The van der Waals surface area contributed by atoms with Crippen molar-refractivity contribution in [1.29, 1.82) is 0 Å². The van der Waals surface area contributed by atoms with E-state index < -0.39 is 0 Å². The molecule has 0 bridgehead atoms. The van der Waals surface area contributed by atoms with Crippen molar-refractivity contribution in [3.63, 3.8) is 0 Å². The summed E-state index contributed by atoms with van der Waals surface area (Å²) in [7, 11) is 1.65. The number of hydrogen-bond donors (Lipinski definition) is 1. The largest absolute Gasteiger partial charge is 0.497 e. The number of methoxy groups -OCH3 is 1. The van der Waals surface area contributed by atoms with E-state index >= 15 is 0 Å². The minimum atomic E-state index is -0.0845. The smallest absolute Gasteiger partial charge is 0.259 e. The molecule has 0 aliphatic carbocycles. The van der Waals surface area contributed by atoms with Crippen LogP contribution in [-0.2, 0) is 5.75 Å². The first-order chi connectivity index (χ1) is 12.7. The van der Waals surface area contributed by atoms with Crippen LogP contribution in [-0.4, -0.2) is 17.1 Å². The molecule has 0 saturated carbocycles. The average molecular weight is 380 g/mol. The second-order valence-corrected chi connectivity index (χ2v) is 7.75. The second kappa shape index (κ2) is 7.35. The minimum Gasteiger partial charge on any atom is -0.497 e. The third-order valence-electron chi connectivity index (χ3n) is 3.94. The lowest BCUT2D eigenvalue weighted by atomic mass is 10.2. The van der Waals surface area contributed by atoms with Gasteiger partial charge in [0.25, 0.3) is 5.56 Å². The highest BCUT2D eigenvalue weighted by Gasteiger charge is 2.10. The molecular formula is C20H16N2O2S2. The van der Waals surface area contributed by atoms with Crippen LogP contribution in [0.15, 0.2) is 70.4 Å². The van der Waals surface area contributed by atoms with Crippen LogP contribution < -0.4 is 10.3 Å². The maximum Gasteiger partial charge on any atom is 0.259 e. The molecule has 0 spiro atoms. The van der Waals surface area contributed by atoms with Gasteiger partial charge < -0.3 is 9.72 Å². The number of rotatable bonds is 5. The molecule has 1 N–H and O–H groups in total. The van der Waals surface area contributed by atoms with Gasteiger partial charge in [0.05, 0.1) is 18.2 Å². The molecule has 0 unspecified atom stereocenters. The fourth-order valence-corrected chi connectivity index (χ4v) is 4.44. The molecule has 2 heterocycles. The van der Waals surface area contributed by atoms with E-state index in [4.69, 9.17) is 4.74 Å². The molecule has 130 valence electrons. The third kappa shape index (κ3) is 3.52. The number of aromatic nitrogens is 2. The van der Waals surface area contributed by atoms with E-state index in [2.05, 4.69) is 9.97 Å². The molecule has 4 nitrogen and oxygen atoms in total. The Balaban J connectivity index is 1.59. The van der Waals surface area contributed by atoms with E-state index in [0.29, 0.717) is 17.0 Å². The van der Waals surface area contributed by atoms with Gasteiger partial charge in [0.2, 0.25) is 0 Å². The number of H-pyrrole nitrogens is 1. The summed E-state index contributed by atoms with van der Waals surface area (Å²) in [6.07, 6.45) is 0. The fraction of sp³-hybridized carbons (Fsp3) is 0.100. The Kier molecular flexibility index (Phi) is 4.77. The summed E-state index contributed by atoms with van der Waals surface area (Å²) in [6.45, 7) is 0. The average Bonchev–Trinajstić information content (AvgIpc) is 3.12. The summed E-state index contributed by atoms with van der Waals surface area (Å²) in [6, 6.07) is 19.8. The molecule has 0 atom stereocenters. The summed E-state index contributed by atoms with van der Waals surface area (Å²) in [5.74, 6) is 2.12. The molecule has 26 heavy (non-hydrogen) atoms. The SMILES string of the molecule is COc1ccc(SCc2nc3sc(-c4ccccc4)cc3c(=O)[nH]2)cc1. The summed E-state index contributed by atoms with van der Waals surface area (Å²) in [5, 5.41) is 0.645. The number of hydrogen-bond acceptors (Lipinski definition) is 5. The highest BCUT2D eigenvalue weighted by Crippen LogP contribution is 2.31. The molecule has 2 aromatic heterocycles. The van der Waals surface area contributed by atoms with Gasteiger partial charge in [-0.1, -0.05) is 30.3 Å². The van der Waals surface area contributed by atoms with E-state index in [1.165, 1.54) is 0 Å². The van der Waals surface area contributed by atoms with E-state index in [9.17, 15) is 4.79 Å². The lowest BCUT2D eigenvalue weighted by molar-refractivity contribution is 0.414. The highest BCUT2D eigenvalue weighted by molar-refractivity contribution is 7.98. The standard InChI is InChI=1S/C20H16N2O2S2/c1-24-14-7-9-15(10-8-14)25-12-18-21-19(23)16-11-17(26-20(16)22-18)13-5-3-2-4-6-13/h2-11H,12H2,1H3,(H,21,22,23). The van der Waals surface area contributed by atoms with Gasteiger partial charge in [0, 0.05) is 9.77 Å². The zero-order chi connectivity index (χ0) is 17.9. The van der Waals surface area contributed by atoms with Crippen molar-refractivity contribution < 1.29 is 4.74 Å². The fourth-order valence-electron chi connectivity index (χ4n) is 2.61. The number of fused-ring (bicyclic) bond motifs is 1. The molecule has 2 aromatic carbocycles. The first-order valence-corrected chi connectivity index (χ1v) is 9.88. The first kappa shape index (κ1) is 16.9. The number of ether oxygens (including phenoxy) is 1. The molecular weight excluding hydrogens is 364 g/mol. The van der Waals surface area contributed by atoms with Crippen molar-refractivity contribution in [2.45, 2.75) is 10.6 Å². The minimum absolute atomic E-state index is 0.0845. The quantitative estimate of drug-likeness (QED) is 0.498. The highest BCUT2D eigenvalue weighted by atomic mass is 32.2. The Labute approximate surface area is 158 Å². The number of thioether (sulfide) groups is 1. The van der Waals surface area contributed by atoms with Gasteiger partial charge in [-0.25, -0.2) is 4.98 Å². The molecule has 0 amide bonds. The van der Waals surface area contributed by atoms with E-state index in [1.807, 2.05) is 60.7 Å². The zero-order valence-corrected chi connectivity index (χ0v) is 15.7. The topological polar surface area (TPSA) is 55.0 Å². The Bertz CT molecular complexity index is 1090. The third-order valence-corrected chi connectivity index (χ3v) is 6.05. The predicted octanol–water partition coefficient (Wildman–Crippen LogP) is 4.95. The molecule has 0 fully saturated rings. The molecule has 0 aliphatic heterocycles. The van der Waals surface area contributed by atoms with E-state index in [1.54, 1.807) is 30.2 Å². The van der Waals surface area contributed by atoms with Gasteiger partial charge in [0.15, 0.2) is 0 Å². The number of aromatic amines is 1. The van der Waals surface area contributed by atoms with Crippen LogP contribution in [0.3, 0.4) is 0 Å². The van der Waals surface area contributed by atoms with Crippen molar-refractivity contribution in [2.24, 2.45) is 0 Å². The van der Waals surface area contributed by atoms with E-state index in [-0.39, 0.29) is 5.56 Å². The molecule has 6 heteroatoms. The Hall–Kier alpha value is -2.57. The Morgan fingerprint density at radius 2 is 1.88 bits per heavy atom. The molecule has 4 rings (SSSR count). The predicted molar refractivity (Wildman–Crippen MR) is 108 cm³/mol. The molecule has 0 aliphatic rings. The first-order valence-electron chi connectivity index (χ1n) is 8.08. The van der Waals surface area contributed by atoms with Crippen molar-refractivity contribution in [3.8, 4) is 16.2 Å². The van der Waals surface area contributed by atoms with Gasteiger partial charge >= 0.3 is 0 Å². The molecule has 4 aromatic rings. The van der Waals surface area contributed by atoms with Gasteiger partial charge in [-0.05, 0) is 35.9 Å². The molecule has 0 radical (unpaired) electrons. The van der Waals surface area contributed by atoms with Crippen LogP contribution in [0.25, 0.3) is 20.7 Å². The van der Waals surface area contributed by atoms with Crippen LogP contribution >= 0.6 is 23.1 Å². The van der Waals surface area contributed by atoms with Crippen LogP contribution in [0.2, 0.25) is 0 Å². The van der Waals surface area contributed by atoms with Crippen LogP contribution in [0.5, 0.6) is 5.75 Å². The lowest BCUT2D eigenvalue weighted by Crippen LogP contribution is -2.09. The van der Waals surface area contributed by atoms with Crippen molar-refractivity contribution in [1.82, 2.24) is 9.97 Å². The van der Waals surface area contributed by atoms with Gasteiger partial charge in [0.1, 0.15) is 16.4 Å². The molecule has 0 saturated heterocycles. The van der Waals surface area contributed by atoms with Crippen LogP contribution in [0, 0.1) is 0 Å². The van der Waals surface area contributed by atoms with Gasteiger partial charge in [-0.15, -0.1) is 23.1 Å². The summed E-state index contributed by atoms with van der Waals surface area (Å²) < 4.78 is 5.17. The maximum absolute atomic E-state index is 12.4. The summed E-state index contributed by atoms with van der Waals surface area (Å²) >= 11 is 3.18. The van der Waals surface area contributed by atoms with Crippen molar-refractivity contribution >= 4 is 33.3 Å². The van der Waals surface area contributed by atoms with Crippen LogP contribution in [0.1, 0.15) is 5.82 Å². The Morgan fingerprint density at radius 1 is 1.12 bits per heavy atom. The van der Waals surface area contributed by atoms with E-state index in [0.717, 1.165) is 25.9 Å². The van der Waals surface area contributed by atoms with Crippen molar-refractivity contribution in [2.75, 3.05) is 7.11 Å². The number of thiophene rings is 1.